The van der Waals surface area contributed by atoms with E-state index >= 15 is 0 Å². The van der Waals surface area contributed by atoms with Crippen molar-refractivity contribution in [1.82, 2.24) is 9.88 Å². The summed E-state index contributed by atoms with van der Waals surface area (Å²) in [5.74, 6) is -0.0189. The van der Waals surface area contributed by atoms with E-state index in [2.05, 4.69) is 10.3 Å². The van der Waals surface area contributed by atoms with Crippen LogP contribution in [0.15, 0.2) is 18.2 Å². The van der Waals surface area contributed by atoms with Crippen LogP contribution in [0.5, 0.6) is 5.75 Å². The molecule has 4 N–H and O–H groups in total. The predicted molar refractivity (Wildman–Crippen MR) is 100.0 cm³/mol. The lowest BCUT2D eigenvalue weighted by molar-refractivity contribution is -0.153. The fraction of sp³-hybridized carbons (Fsp3) is 0.500. The standard InChI is InChI=1S/C18H22N4O3S/c19-10-18(6-1-2-7-18)16(25)22-8-5-13(22)15(24)21-17-20-12-4-3-11(23)9-14(12)26-17/h3-4,9,13,23H,1-2,5-8,10,19H2,(H,20,21,24). The fourth-order valence-corrected chi connectivity index (χ4v) is 4.82. The van der Waals surface area contributed by atoms with E-state index in [1.165, 1.54) is 11.3 Å². The van der Waals surface area contributed by atoms with Gasteiger partial charge in [-0.3, -0.25) is 9.59 Å². The maximum Gasteiger partial charge on any atom is 0.249 e. The van der Waals surface area contributed by atoms with Crippen molar-refractivity contribution in [2.75, 3.05) is 18.4 Å². The average Bonchev–Trinajstić information content (AvgIpc) is 3.20. The van der Waals surface area contributed by atoms with Gasteiger partial charge in [0.05, 0.1) is 15.6 Å². The second kappa shape index (κ2) is 6.51. The monoisotopic (exact) mass is 374 g/mol. The third kappa shape index (κ3) is 2.83. The van der Waals surface area contributed by atoms with E-state index in [1.54, 1.807) is 23.1 Å². The molecule has 1 saturated heterocycles. The maximum absolute atomic E-state index is 13.0. The Kier molecular flexibility index (Phi) is 4.32. The van der Waals surface area contributed by atoms with Gasteiger partial charge in [-0.15, -0.1) is 0 Å². The van der Waals surface area contributed by atoms with Crippen LogP contribution in [0.2, 0.25) is 0 Å². The molecule has 1 aromatic heterocycles. The number of carbonyl (C=O) groups is 2. The first-order valence-corrected chi connectivity index (χ1v) is 9.76. The Bertz CT molecular complexity index is 859. The lowest BCUT2D eigenvalue weighted by Gasteiger charge is -2.44. The molecule has 138 valence electrons. The first-order valence-electron chi connectivity index (χ1n) is 8.94. The van der Waals surface area contributed by atoms with Gasteiger partial charge in [0, 0.05) is 13.1 Å². The second-order valence-corrected chi connectivity index (χ2v) is 8.19. The van der Waals surface area contributed by atoms with E-state index in [-0.39, 0.29) is 17.6 Å². The minimum atomic E-state index is -0.480. The number of amides is 2. The lowest BCUT2D eigenvalue weighted by Crippen LogP contribution is -2.61. The van der Waals surface area contributed by atoms with Crippen LogP contribution in [-0.4, -0.2) is 45.9 Å². The largest absolute Gasteiger partial charge is 0.508 e. The Morgan fingerprint density at radius 2 is 2.15 bits per heavy atom. The van der Waals surface area contributed by atoms with Crippen LogP contribution in [-0.2, 0) is 9.59 Å². The lowest BCUT2D eigenvalue weighted by atomic mass is 9.82. The van der Waals surface area contributed by atoms with Gasteiger partial charge in [0.2, 0.25) is 11.8 Å². The van der Waals surface area contributed by atoms with Crippen molar-refractivity contribution in [2.45, 2.75) is 38.1 Å². The topological polar surface area (TPSA) is 109 Å². The maximum atomic E-state index is 13.0. The Hall–Kier alpha value is -2.19. The molecule has 4 rings (SSSR count). The zero-order chi connectivity index (χ0) is 18.3. The van der Waals surface area contributed by atoms with Gasteiger partial charge in [-0.2, -0.15) is 0 Å². The number of nitrogens with zero attached hydrogens (tertiary/aromatic N) is 2. The van der Waals surface area contributed by atoms with Crippen molar-refractivity contribution >= 4 is 38.5 Å². The molecule has 0 spiro atoms. The number of hydrogen-bond donors (Lipinski definition) is 3. The number of fused-ring (bicyclic) bond motifs is 1. The van der Waals surface area contributed by atoms with Gasteiger partial charge in [-0.05, 0) is 37.5 Å². The summed E-state index contributed by atoms with van der Waals surface area (Å²) in [5, 5.41) is 12.8. The van der Waals surface area contributed by atoms with Crippen LogP contribution in [0.4, 0.5) is 5.13 Å². The highest BCUT2D eigenvalue weighted by molar-refractivity contribution is 7.22. The molecule has 2 fully saturated rings. The van der Waals surface area contributed by atoms with Crippen LogP contribution < -0.4 is 11.1 Å². The molecule has 2 aliphatic rings. The summed E-state index contributed by atoms with van der Waals surface area (Å²) < 4.78 is 0.801. The molecule has 2 aromatic rings. The molecule has 1 aromatic carbocycles. The van der Waals surface area contributed by atoms with Gasteiger partial charge in [0.1, 0.15) is 11.8 Å². The van der Waals surface area contributed by atoms with Crippen molar-refractivity contribution in [3.8, 4) is 5.75 Å². The zero-order valence-electron chi connectivity index (χ0n) is 14.4. The minimum absolute atomic E-state index is 0.0260. The van der Waals surface area contributed by atoms with Crippen molar-refractivity contribution in [3.63, 3.8) is 0 Å². The number of phenolic OH excluding ortho intramolecular Hbond substituents is 1. The minimum Gasteiger partial charge on any atom is -0.508 e. The number of thiazole rings is 1. The van der Waals surface area contributed by atoms with Crippen molar-refractivity contribution in [2.24, 2.45) is 11.1 Å². The first-order chi connectivity index (χ1) is 12.5. The summed E-state index contributed by atoms with van der Waals surface area (Å²) in [7, 11) is 0. The predicted octanol–water partition coefficient (Wildman–Crippen LogP) is 2.06. The van der Waals surface area contributed by atoms with Crippen molar-refractivity contribution in [3.05, 3.63) is 18.2 Å². The van der Waals surface area contributed by atoms with E-state index in [1.807, 2.05) is 0 Å². The summed E-state index contributed by atoms with van der Waals surface area (Å²) >= 11 is 1.30. The molecular weight excluding hydrogens is 352 g/mol. The van der Waals surface area contributed by atoms with E-state index in [0.29, 0.717) is 24.6 Å². The van der Waals surface area contributed by atoms with E-state index in [0.717, 1.165) is 35.9 Å². The zero-order valence-corrected chi connectivity index (χ0v) is 15.2. The number of aromatic hydroxyl groups is 1. The van der Waals surface area contributed by atoms with Crippen molar-refractivity contribution in [1.29, 1.82) is 0 Å². The number of nitrogens with one attached hydrogen (secondary N) is 1. The summed E-state index contributed by atoms with van der Waals surface area (Å²) in [6.07, 6.45) is 4.32. The highest BCUT2D eigenvalue weighted by Gasteiger charge is 2.48. The second-order valence-electron chi connectivity index (χ2n) is 7.15. The average molecular weight is 374 g/mol. The van der Waals surface area contributed by atoms with E-state index in [4.69, 9.17) is 5.73 Å². The molecule has 26 heavy (non-hydrogen) atoms. The Balaban J connectivity index is 1.46. The van der Waals surface area contributed by atoms with Gasteiger partial charge in [0.25, 0.3) is 0 Å². The van der Waals surface area contributed by atoms with Crippen LogP contribution in [0, 0.1) is 5.41 Å². The smallest absolute Gasteiger partial charge is 0.249 e. The Morgan fingerprint density at radius 3 is 2.81 bits per heavy atom. The molecule has 2 heterocycles. The number of nitrogens with two attached hydrogens (primary N) is 1. The molecule has 1 atom stereocenters. The summed E-state index contributed by atoms with van der Waals surface area (Å²) in [6, 6.07) is 4.44. The van der Waals surface area contributed by atoms with Crippen LogP contribution in [0.3, 0.4) is 0 Å². The third-order valence-corrected chi connectivity index (χ3v) is 6.52. The number of aromatic nitrogens is 1. The molecular formula is C18H22N4O3S. The summed E-state index contributed by atoms with van der Waals surface area (Å²) in [5.41, 5.74) is 6.15. The number of phenols is 1. The van der Waals surface area contributed by atoms with E-state index in [9.17, 15) is 14.7 Å². The van der Waals surface area contributed by atoms with Crippen LogP contribution in [0.25, 0.3) is 10.2 Å². The Morgan fingerprint density at radius 1 is 1.38 bits per heavy atom. The SMILES string of the molecule is NCC1(C(=O)N2CCC2C(=O)Nc2nc3ccc(O)cc3s2)CCCC1. The molecule has 1 saturated carbocycles. The number of rotatable bonds is 4. The molecule has 0 radical (unpaired) electrons. The van der Waals surface area contributed by atoms with Gasteiger partial charge < -0.3 is 21.1 Å². The Labute approximate surface area is 155 Å². The highest BCUT2D eigenvalue weighted by atomic mass is 32.1. The fourth-order valence-electron chi connectivity index (χ4n) is 3.92. The first kappa shape index (κ1) is 17.2. The number of carbonyl (C=O) groups excluding carboxylic acids is 2. The molecule has 1 aliphatic heterocycles. The van der Waals surface area contributed by atoms with Gasteiger partial charge in [-0.25, -0.2) is 4.98 Å². The molecule has 0 bridgehead atoms. The number of likely N-dealkylation sites (tertiary alicyclic amines) is 1. The van der Waals surface area contributed by atoms with E-state index < -0.39 is 11.5 Å². The normalized spacial score (nSPS) is 21.6. The molecule has 1 aliphatic carbocycles. The molecule has 1 unspecified atom stereocenters. The third-order valence-electron chi connectivity index (χ3n) is 5.59. The quantitative estimate of drug-likeness (QED) is 0.759. The van der Waals surface area contributed by atoms with Gasteiger partial charge in [-0.1, -0.05) is 24.2 Å². The van der Waals surface area contributed by atoms with Crippen molar-refractivity contribution < 1.29 is 14.7 Å². The summed E-state index contributed by atoms with van der Waals surface area (Å²) in [6.45, 7) is 0.949. The molecule has 7 nitrogen and oxygen atoms in total. The molecule has 8 heteroatoms. The highest BCUT2D eigenvalue weighted by Crippen LogP contribution is 2.41. The number of hydrogen-bond acceptors (Lipinski definition) is 6. The number of benzene rings is 1. The van der Waals surface area contributed by atoms with Crippen LogP contribution in [0.1, 0.15) is 32.1 Å². The number of anilines is 1. The van der Waals surface area contributed by atoms with Gasteiger partial charge >= 0.3 is 0 Å². The summed E-state index contributed by atoms with van der Waals surface area (Å²) in [4.78, 5) is 31.6. The van der Waals surface area contributed by atoms with Crippen LogP contribution >= 0.6 is 11.3 Å². The molecule has 2 amide bonds. The van der Waals surface area contributed by atoms with Gasteiger partial charge in [0.15, 0.2) is 5.13 Å².